The van der Waals surface area contributed by atoms with E-state index >= 15 is 0 Å². The minimum atomic E-state index is -0.977. The molecule has 0 fully saturated rings. The van der Waals surface area contributed by atoms with Crippen molar-refractivity contribution < 1.29 is 24.0 Å². The molecule has 1 atom stereocenters. The SMILES string of the molecule is COc1cccc(-c2nc(C(=O)N(C)CC(C)C(=O)O)no2)c1. The van der Waals surface area contributed by atoms with Crippen LogP contribution in [0.2, 0.25) is 0 Å². The van der Waals surface area contributed by atoms with Crippen molar-refractivity contribution in [2.45, 2.75) is 6.92 Å². The Morgan fingerprint density at radius 1 is 1.43 bits per heavy atom. The first-order valence-corrected chi connectivity index (χ1v) is 6.88. The van der Waals surface area contributed by atoms with Gasteiger partial charge in [-0.1, -0.05) is 18.1 Å². The number of amides is 1. The highest BCUT2D eigenvalue weighted by molar-refractivity contribution is 5.90. The molecule has 1 aromatic heterocycles. The van der Waals surface area contributed by atoms with Crippen LogP contribution in [0.15, 0.2) is 28.8 Å². The van der Waals surface area contributed by atoms with E-state index in [1.807, 2.05) is 0 Å². The Labute approximate surface area is 132 Å². The molecule has 122 valence electrons. The Morgan fingerprint density at radius 3 is 2.83 bits per heavy atom. The predicted molar refractivity (Wildman–Crippen MR) is 80.0 cm³/mol. The summed E-state index contributed by atoms with van der Waals surface area (Å²) in [5.41, 5.74) is 0.623. The van der Waals surface area contributed by atoms with E-state index in [0.717, 1.165) is 0 Å². The van der Waals surface area contributed by atoms with Crippen molar-refractivity contribution in [1.82, 2.24) is 15.0 Å². The molecule has 1 N–H and O–H groups in total. The van der Waals surface area contributed by atoms with E-state index in [2.05, 4.69) is 10.1 Å². The number of benzene rings is 1. The van der Waals surface area contributed by atoms with Crippen LogP contribution in [0.1, 0.15) is 17.5 Å². The molecule has 8 heteroatoms. The second-order valence-corrected chi connectivity index (χ2v) is 5.08. The third-order valence-corrected chi connectivity index (χ3v) is 3.25. The number of aliphatic carboxylic acids is 1. The Morgan fingerprint density at radius 2 is 2.17 bits per heavy atom. The molecule has 0 aliphatic carbocycles. The topological polar surface area (TPSA) is 106 Å². The molecule has 0 saturated heterocycles. The van der Waals surface area contributed by atoms with Gasteiger partial charge in [0, 0.05) is 19.2 Å². The average molecular weight is 319 g/mol. The lowest BCUT2D eigenvalue weighted by Crippen LogP contribution is -2.34. The molecule has 0 spiro atoms. The molecule has 0 radical (unpaired) electrons. The van der Waals surface area contributed by atoms with Gasteiger partial charge < -0.3 is 19.3 Å². The van der Waals surface area contributed by atoms with Crippen molar-refractivity contribution in [1.29, 1.82) is 0 Å². The smallest absolute Gasteiger partial charge is 0.308 e. The summed E-state index contributed by atoms with van der Waals surface area (Å²) >= 11 is 0. The highest BCUT2D eigenvalue weighted by atomic mass is 16.5. The molecule has 0 aliphatic heterocycles. The number of carbonyl (C=O) groups excluding carboxylic acids is 1. The number of hydrogen-bond acceptors (Lipinski definition) is 6. The van der Waals surface area contributed by atoms with Crippen molar-refractivity contribution in [3.63, 3.8) is 0 Å². The predicted octanol–water partition coefficient (Wildman–Crippen LogP) is 1.54. The summed E-state index contributed by atoms with van der Waals surface area (Å²) in [5, 5.41) is 12.5. The highest BCUT2D eigenvalue weighted by Gasteiger charge is 2.23. The Hall–Kier alpha value is -2.90. The molecule has 2 rings (SSSR count). The number of carboxylic acid groups (broad SMARTS) is 1. The van der Waals surface area contributed by atoms with E-state index in [9.17, 15) is 9.59 Å². The van der Waals surface area contributed by atoms with Gasteiger partial charge in [-0.3, -0.25) is 9.59 Å². The third kappa shape index (κ3) is 3.85. The Kier molecular flexibility index (Phi) is 4.95. The van der Waals surface area contributed by atoms with Crippen LogP contribution in [-0.2, 0) is 4.79 Å². The molecule has 23 heavy (non-hydrogen) atoms. The number of carbonyl (C=O) groups is 2. The molecule has 8 nitrogen and oxygen atoms in total. The highest BCUT2D eigenvalue weighted by Crippen LogP contribution is 2.22. The first-order valence-electron chi connectivity index (χ1n) is 6.88. The van der Waals surface area contributed by atoms with Gasteiger partial charge in [0.05, 0.1) is 13.0 Å². The van der Waals surface area contributed by atoms with Gasteiger partial charge in [0.15, 0.2) is 0 Å². The van der Waals surface area contributed by atoms with Crippen molar-refractivity contribution >= 4 is 11.9 Å². The Balaban J connectivity index is 2.14. The van der Waals surface area contributed by atoms with Crippen molar-refractivity contribution in [3.05, 3.63) is 30.1 Å². The lowest BCUT2D eigenvalue weighted by molar-refractivity contribution is -0.141. The lowest BCUT2D eigenvalue weighted by atomic mass is 10.2. The van der Waals surface area contributed by atoms with Crippen LogP contribution in [0, 0.1) is 5.92 Å². The fourth-order valence-electron chi connectivity index (χ4n) is 1.93. The molecule has 1 amide bonds. The number of methoxy groups -OCH3 is 1. The maximum atomic E-state index is 12.2. The number of rotatable bonds is 6. The standard InChI is InChI=1S/C15H17N3O5/c1-9(15(20)21)8-18(2)14(19)12-16-13(23-17-12)10-5-4-6-11(7-10)22-3/h4-7,9H,8H2,1-3H3,(H,20,21). The number of nitrogens with zero attached hydrogens (tertiary/aromatic N) is 3. The van der Waals surface area contributed by atoms with Gasteiger partial charge in [0.1, 0.15) is 5.75 Å². The lowest BCUT2D eigenvalue weighted by Gasteiger charge is -2.17. The number of ether oxygens (including phenoxy) is 1. The van der Waals surface area contributed by atoms with Gasteiger partial charge in [0.2, 0.25) is 0 Å². The summed E-state index contributed by atoms with van der Waals surface area (Å²) < 4.78 is 10.2. The van der Waals surface area contributed by atoms with E-state index in [4.69, 9.17) is 14.4 Å². The van der Waals surface area contributed by atoms with Crippen LogP contribution in [-0.4, -0.2) is 52.7 Å². The van der Waals surface area contributed by atoms with Crippen molar-refractivity contribution in [2.24, 2.45) is 5.92 Å². The summed E-state index contributed by atoms with van der Waals surface area (Å²) in [4.78, 5) is 28.3. The third-order valence-electron chi connectivity index (χ3n) is 3.25. The minimum absolute atomic E-state index is 0.0528. The van der Waals surface area contributed by atoms with Crippen LogP contribution in [0.4, 0.5) is 0 Å². The second kappa shape index (κ2) is 6.91. The number of aromatic nitrogens is 2. The monoisotopic (exact) mass is 319 g/mol. The van der Waals surface area contributed by atoms with E-state index in [1.165, 1.54) is 18.9 Å². The molecule has 0 aliphatic rings. The van der Waals surface area contributed by atoms with Crippen LogP contribution < -0.4 is 4.74 Å². The molecule has 0 saturated carbocycles. The maximum absolute atomic E-state index is 12.2. The Bertz CT molecular complexity index is 713. The van der Waals surface area contributed by atoms with Crippen molar-refractivity contribution in [3.8, 4) is 17.2 Å². The van der Waals surface area contributed by atoms with Gasteiger partial charge in [-0.25, -0.2) is 0 Å². The number of carboxylic acids is 1. The van der Waals surface area contributed by atoms with Gasteiger partial charge in [-0.05, 0) is 18.2 Å². The largest absolute Gasteiger partial charge is 0.497 e. The van der Waals surface area contributed by atoms with Gasteiger partial charge in [-0.2, -0.15) is 4.98 Å². The van der Waals surface area contributed by atoms with E-state index in [1.54, 1.807) is 31.4 Å². The summed E-state index contributed by atoms with van der Waals surface area (Å²) in [7, 11) is 3.03. The van der Waals surface area contributed by atoms with Crippen molar-refractivity contribution in [2.75, 3.05) is 20.7 Å². The molecule has 2 aromatic rings. The number of hydrogen-bond donors (Lipinski definition) is 1. The first kappa shape index (κ1) is 16.5. The minimum Gasteiger partial charge on any atom is -0.497 e. The summed E-state index contributed by atoms with van der Waals surface area (Å²) in [5.74, 6) is -1.48. The van der Waals surface area contributed by atoms with E-state index in [0.29, 0.717) is 11.3 Å². The summed E-state index contributed by atoms with van der Waals surface area (Å²) in [6, 6.07) is 6.99. The summed E-state index contributed by atoms with van der Waals surface area (Å²) in [6.45, 7) is 1.57. The van der Waals surface area contributed by atoms with Gasteiger partial charge in [-0.15, -0.1) is 0 Å². The molecular weight excluding hydrogens is 302 g/mol. The molecule has 1 heterocycles. The maximum Gasteiger partial charge on any atom is 0.308 e. The van der Waals surface area contributed by atoms with Crippen LogP contribution in [0.25, 0.3) is 11.5 Å². The summed E-state index contributed by atoms with van der Waals surface area (Å²) in [6.07, 6.45) is 0. The van der Waals surface area contributed by atoms with Crippen LogP contribution >= 0.6 is 0 Å². The van der Waals surface area contributed by atoms with Gasteiger partial charge >= 0.3 is 5.97 Å². The molecule has 1 unspecified atom stereocenters. The zero-order valence-corrected chi connectivity index (χ0v) is 13.0. The second-order valence-electron chi connectivity index (χ2n) is 5.08. The fourth-order valence-corrected chi connectivity index (χ4v) is 1.93. The molecule has 1 aromatic carbocycles. The fraction of sp³-hybridized carbons (Fsp3) is 0.333. The zero-order chi connectivity index (χ0) is 17.0. The molecular formula is C15H17N3O5. The first-order chi connectivity index (χ1) is 10.9. The quantitative estimate of drug-likeness (QED) is 0.860. The van der Waals surface area contributed by atoms with Crippen LogP contribution in [0.5, 0.6) is 5.75 Å². The van der Waals surface area contributed by atoms with E-state index < -0.39 is 17.8 Å². The van der Waals surface area contributed by atoms with E-state index in [-0.39, 0.29) is 18.3 Å². The zero-order valence-electron chi connectivity index (χ0n) is 13.0. The normalized spacial score (nSPS) is 11.8. The molecule has 0 bridgehead atoms. The van der Waals surface area contributed by atoms with Crippen LogP contribution in [0.3, 0.4) is 0 Å². The average Bonchev–Trinajstić information content (AvgIpc) is 3.03. The van der Waals surface area contributed by atoms with Gasteiger partial charge in [0.25, 0.3) is 17.6 Å².